The third kappa shape index (κ3) is 5.11. The first kappa shape index (κ1) is 18.5. The second-order valence-corrected chi connectivity index (χ2v) is 6.19. The zero-order valence-corrected chi connectivity index (χ0v) is 15.6. The summed E-state index contributed by atoms with van der Waals surface area (Å²) >= 11 is 0. The molecule has 27 heavy (non-hydrogen) atoms. The van der Waals surface area contributed by atoms with Crippen molar-refractivity contribution in [2.45, 2.75) is 20.5 Å². The van der Waals surface area contributed by atoms with Crippen molar-refractivity contribution in [3.63, 3.8) is 0 Å². The van der Waals surface area contributed by atoms with Gasteiger partial charge in [0.2, 0.25) is 0 Å². The summed E-state index contributed by atoms with van der Waals surface area (Å²) in [6.45, 7) is 4.84. The predicted octanol–water partition coefficient (Wildman–Crippen LogP) is 5.23. The largest absolute Gasteiger partial charge is 0.490 e. The molecule has 0 bridgehead atoms. The molecule has 0 aliphatic rings. The van der Waals surface area contributed by atoms with Crippen LogP contribution in [0.4, 0.5) is 5.69 Å². The maximum Gasteiger partial charge on any atom is 0.255 e. The quantitative estimate of drug-likeness (QED) is 0.627. The van der Waals surface area contributed by atoms with Crippen LogP contribution in [0, 0.1) is 6.92 Å². The summed E-state index contributed by atoms with van der Waals surface area (Å²) in [5.41, 5.74) is 3.49. The zero-order valence-electron chi connectivity index (χ0n) is 15.6. The van der Waals surface area contributed by atoms with Crippen molar-refractivity contribution in [1.82, 2.24) is 0 Å². The van der Waals surface area contributed by atoms with Crippen molar-refractivity contribution in [2.75, 3.05) is 11.9 Å². The number of amides is 1. The summed E-state index contributed by atoms with van der Waals surface area (Å²) in [6, 6.07) is 22.8. The molecule has 4 heteroatoms. The minimum Gasteiger partial charge on any atom is -0.490 e. The van der Waals surface area contributed by atoms with Gasteiger partial charge in [0, 0.05) is 11.3 Å². The molecule has 0 atom stereocenters. The van der Waals surface area contributed by atoms with Gasteiger partial charge >= 0.3 is 0 Å². The van der Waals surface area contributed by atoms with Crippen molar-refractivity contribution in [3.05, 3.63) is 89.5 Å². The Kier molecular flexibility index (Phi) is 6.10. The molecule has 0 radical (unpaired) electrons. The molecule has 0 aromatic heterocycles. The zero-order chi connectivity index (χ0) is 19.1. The van der Waals surface area contributed by atoms with E-state index >= 15 is 0 Å². The fraction of sp³-hybridized carbons (Fsp3) is 0.174. The van der Waals surface area contributed by atoms with Gasteiger partial charge in [0.1, 0.15) is 6.61 Å². The number of hydrogen-bond acceptors (Lipinski definition) is 3. The number of benzene rings is 3. The summed E-state index contributed by atoms with van der Waals surface area (Å²) in [6.07, 6.45) is 0. The maximum atomic E-state index is 12.5. The van der Waals surface area contributed by atoms with Gasteiger partial charge in [-0.1, -0.05) is 48.0 Å². The van der Waals surface area contributed by atoms with Crippen molar-refractivity contribution >= 4 is 11.6 Å². The van der Waals surface area contributed by atoms with Gasteiger partial charge < -0.3 is 14.8 Å². The molecule has 0 aliphatic carbocycles. The maximum absolute atomic E-state index is 12.5. The van der Waals surface area contributed by atoms with Crippen LogP contribution in [0.3, 0.4) is 0 Å². The average molecular weight is 361 g/mol. The molecule has 0 heterocycles. The molecule has 0 aliphatic heterocycles. The van der Waals surface area contributed by atoms with E-state index in [0.29, 0.717) is 30.3 Å². The van der Waals surface area contributed by atoms with Crippen LogP contribution in [0.1, 0.15) is 28.4 Å². The Morgan fingerprint density at radius 1 is 0.889 bits per heavy atom. The van der Waals surface area contributed by atoms with Crippen molar-refractivity contribution in [3.8, 4) is 11.5 Å². The number of rotatable bonds is 7. The molecule has 4 nitrogen and oxygen atoms in total. The molecular weight excluding hydrogens is 338 g/mol. The van der Waals surface area contributed by atoms with E-state index in [0.717, 1.165) is 16.8 Å². The van der Waals surface area contributed by atoms with E-state index in [9.17, 15) is 4.79 Å². The lowest BCUT2D eigenvalue weighted by atomic mass is 10.1. The SMILES string of the molecule is CCOc1cc(C(=O)Nc2ccc(C)cc2)ccc1OCc1ccccc1. The Hall–Kier alpha value is -3.27. The van der Waals surface area contributed by atoms with Crippen molar-refractivity contribution in [1.29, 1.82) is 0 Å². The fourth-order valence-corrected chi connectivity index (χ4v) is 2.61. The van der Waals surface area contributed by atoms with E-state index in [4.69, 9.17) is 9.47 Å². The van der Waals surface area contributed by atoms with Gasteiger partial charge in [0.05, 0.1) is 6.61 Å². The van der Waals surface area contributed by atoms with Gasteiger partial charge in [0.25, 0.3) is 5.91 Å². The Balaban J connectivity index is 1.73. The van der Waals surface area contributed by atoms with E-state index in [-0.39, 0.29) is 5.91 Å². The van der Waals surface area contributed by atoms with Crippen LogP contribution < -0.4 is 14.8 Å². The minimum absolute atomic E-state index is 0.186. The number of carbonyl (C=O) groups is 1. The van der Waals surface area contributed by atoms with Crippen LogP contribution in [-0.2, 0) is 6.61 Å². The van der Waals surface area contributed by atoms with Gasteiger partial charge in [-0.05, 0) is 49.7 Å². The van der Waals surface area contributed by atoms with E-state index in [1.165, 1.54) is 0 Å². The van der Waals surface area contributed by atoms with E-state index in [1.54, 1.807) is 18.2 Å². The predicted molar refractivity (Wildman–Crippen MR) is 108 cm³/mol. The Morgan fingerprint density at radius 2 is 1.63 bits per heavy atom. The lowest BCUT2D eigenvalue weighted by molar-refractivity contribution is 0.102. The highest BCUT2D eigenvalue weighted by Gasteiger charge is 2.12. The smallest absolute Gasteiger partial charge is 0.255 e. The Labute approximate surface area is 159 Å². The second-order valence-electron chi connectivity index (χ2n) is 6.19. The summed E-state index contributed by atoms with van der Waals surface area (Å²) < 4.78 is 11.6. The molecule has 138 valence electrons. The molecule has 0 saturated carbocycles. The summed E-state index contributed by atoms with van der Waals surface area (Å²) in [7, 11) is 0. The Bertz CT molecular complexity index is 889. The first-order chi connectivity index (χ1) is 13.2. The van der Waals surface area contributed by atoms with Crippen LogP contribution in [0.25, 0.3) is 0 Å². The first-order valence-corrected chi connectivity index (χ1v) is 8.97. The third-order valence-corrected chi connectivity index (χ3v) is 4.05. The molecule has 0 unspecified atom stereocenters. The number of carbonyl (C=O) groups excluding carboxylic acids is 1. The van der Waals surface area contributed by atoms with Gasteiger partial charge in [-0.3, -0.25) is 4.79 Å². The lowest BCUT2D eigenvalue weighted by Gasteiger charge is -2.14. The number of nitrogens with one attached hydrogen (secondary N) is 1. The molecule has 3 aromatic rings. The van der Waals surface area contributed by atoms with Crippen LogP contribution in [0.5, 0.6) is 11.5 Å². The first-order valence-electron chi connectivity index (χ1n) is 8.97. The molecule has 0 spiro atoms. The standard InChI is InChI=1S/C23H23NO3/c1-3-26-22-15-19(23(25)24-20-12-9-17(2)10-13-20)11-14-21(22)27-16-18-7-5-4-6-8-18/h4-15H,3,16H2,1-2H3,(H,24,25). The number of ether oxygens (including phenoxy) is 2. The number of hydrogen-bond donors (Lipinski definition) is 1. The van der Waals surface area contributed by atoms with E-state index < -0.39 is 0 Å². The normalized spacial score (nSPS) is 10.3. The minimum atomic E-state index is -0.186. The van der Waals surface area contributed by atoms with Crippen LogP contribution in [0.15, 0.2) is 72.8 Å². The highest BCUT2D eigenvalue weighted by molar-refractivity contribution is 6.04. The molecule has 0 fully saturated rings. The molecule has 1 amide bonds. The molecule has 3 rings (SSSR count). The molecule has 0 saturated heterocycles. The van der Waals surface area contributed by atoms with Gasteiger partial charge in [0.15, 0.2) is 11.5 Å². The van der Waals surface area contributed by atoms with Crippen LogP contribution >= 0.6 is 0 Å². The van der Waals surface area contributed by atoms with Gasteiger partial charge in [-0.25, -0.2) is 0 Å². The third-order valence-electron chi connectivity index (χ3n) is 4.05. The summed E-state index contributed by atoms with van der Waals surface area (Å²) in [5.74, 6) is 0.993. The lowest BCUT2D eigenvalue weighted by Crippen LogP contribution is -2.12. The number of aryl methyl sites for hydroxylation is 1. The second kappa shape index (κ2) is 8.90. The van der Waals surface area contributed by atoms with Crippen molar-refractivity contribution < 1.29 is 14.3 Å². The van der Waals surface area contributed by atoms with Crippen LogP contribution in [-0.4, -0.2) is 12.5 Å². The van der Waals surface area contributed by atoms with Gasteiger partial charge in [-0.2, -0.15) is 0 Å². The summed E-state index contributed by atoms with van der Waals surface area (Å²) in [5, 5.41) is 2.90. The topological polar surface area (TPSA) is 47.6 Å². The van der Waals surface area contributed by atoms with E-state index in [1.807, 2.05) is 68.4 Å². The van der Waals surface area contributed by atoms with Crippen LogP contribution in [0.2, 0.25) is 0 Å². The molecule has 1 N–H and O–H groups in total. The highest BCUT2D eigenvalue weighted by Crippen LogP contribution is 2.29. The Morgan fingerprint density at radius 3 is 2.33 bits per heavy atom. The van der Waals surface area contributed by atoms with Gasteiger partial charge in [-0.15, -0.1) is 0 Å². The molecule has 3 aromatic carbocycles. The summed E-state index contributed by atoms with van der Waals surface area (Å²) in [4.78, 5) is 12.5. The monoisotopic (exact) mass is 361 g/mol. The number of anilines is 1. The van der Waals surface area contributed by atoms with Crippen molar-refractivity contribution in [2.24, 2.45) is 0 Å². The van der Waals surface area contributed by atoms with E-state index in [2.05, 4.69) is 5.32 Å². The average Bonchev–Trinajstić information content (AvgIpc) is 2.69. The highest BCUT2D eigenvalue weighted by atomic mass is 16.5. The molecular formula is C23H23NO3. The fourth-order valence-electron chi connectivity index (χ4n) is 2.61.